The zero-order valence-electron chi connectivity index (χ0n) is 29.7. The highest BCUT2D eigenvalue weighted by Crippen LogP contribution is 2.33. The molecule has 0 aromatic heterocycles. The lowest BCUT2D eigenvalue weighted by molar-refractivity contribution is -0.159. The van der Waals surface area contributed by atoms with E-state index in [0.29, 0.717) is 17.5 Å². The summed E-state index contributed by atoms with van der Waals surface area (Å²) in [5.41, 5.74) is 4.67. The van der Waals surface area contributed by atoms with Gasteiger partial charge in [0, 0.05) is 12.0 Å². The lowest BCUT2D eigenvalue weighted by atomic mass is 9.90. The Bertz CT molecular complexity index is 1460. The smallest absolute Gasteiger partial charge is 0.408 e. The second-order valence-corrected chi connectivity index (χ2v) is 14.3. The maximum absolute atomic E-state index is 14.6. The van der Waals surface area contributed by atoms with E-state index in [1.807, 2.05) is 37.3 Å². The van der Waals surface area contributed by atoms with Gasteiger partial charge in [-0.2, -0.15) is 0 Å². The van der Waals surface area contributed by atoms with E-state index in [4.69, 9.17) is 15.2 Å². The van der Waals surface area contributed by atoms with Crippen molar-refractivity contribution in [3.8, 4) is 0 Å². The van der Waals surface area contributed by atoms with Gasteiger partial charge in [0.25, 0.3) is 0 Å². The Hall–Kier alpha value is -4.67. The fourth-order valence-electron chi connectivity index (χ4n) is 4.90. The van der Waals surface area contributed by atoms with Gasteiger partial charge in [-0.15, -0.1) is 0 Å². The van der Waals surface area contributed by atoms with E-state index in [1.54, 1.807) is 85.7 Å². The summed E-state index contributed by atoms with van der Waals surface area (Å²) < 4.78 is 11.1. The van der Waals surface area contributed by atoms with Crippen molar-refractivity contribution in [1.29, 1.82) is 0 Å². The van der Waals surface area contributed by atoms with Crippen LogP contribution in [-0.4, -0.2) is 63.5 Å². The van der Waals surface area contributed by atoms with Gasteiger partial charge in [0.2, 0.25) is 17.7 Å². The average molecular weight is 665 g/mol. The van der Waals surface area contributed by atoms with Crippen molar-refractivity contribution >= 4 is 35.9 Å². The molecule has 262 valence electrons. The number of esters is 1. The maximum Gasteiger partial charge on any atom is 0.408 e. The molecule has 0 aliphatic heterocycles. The van der Waals surface area contributed by atoms with Crippen molar-refractivity contribution < 1.29 is 33.4 Å². The fourth-order valence-corrected chi connectivity index (χ4v) is 4.90. The minimum Gasteiger partial charge on any atom is -0.458 e. The van der Waals surface area contributed by atoms with E-state index in [1.165, 1.54) is 4.90 Å². The van der Waals surface area contributed by atoms with E-state index in [-0.39, 0.29) is 6.42 Å². The first-order valence-corrected chi connectivity index (χ1v) is 16.1. The number of carbonyl (C=O) groups excluding carboxylic acids is 5. The minimum absolute atomic E-state index is 0.122. The number of alkyl carbamates (subject to hydrolysis) is 1. The second-order valence-electron chi connectivity index (χ2n) is 14.3. The Balaban J connectivity index is 2.75. The molecule has 2 aromatic rings. The zero-order valence-corrected chi connectivity index (χ0v) is 29.7. The zero-order chi connectivity index (χ0) is 36.4. The molecule has 0 aliphatic carbocycles. The number of amides is 4. The van der Waals surface area contributed by atoms with Crippen LogP contribution in [0.15, 0.2) is 61.2 Å². The van der Waals surface area contributed by atoms with Crippen molar-refractivity contribution in [2.24, 2.45) is 5.73 Å². The Morgan fingerprint density at radius 1 is 0.854 bits per heavy atom. The lowest BCUT2D eigenvalue weighted by Gasteiger charge is -2.44. The number of hydrogen-bond donors (Lipinski definition) is 3. The van der Waals surface area contributed by atoms with Crippen LogP contribution < -0.4 is 16.4 Å². The van der Waals surface area contributed by atoms with Crippen molar-refractivity contribution in [3.63, 3.8) is 0 Å². The van der Waals surface area contributed by atoms with Crippen LogP contribution >= 0.6 is 0 Å². The largest absolute Gasteiger partial charge is 0.458 e. The van der Waals surface area contributed by atoms with Crippen LogP contribution in [0.1, 0.15) is 97.9 Å². The summed E-state index contributed by atoms with van der Waals surface area (Å²) in [6.07, 6.45) is 0.618. The van der Waals surface area contributed by atoms with Gasteiger partial charge < -0.3 is 30.7 Å². The molecule has 3 atom stereocenters. The normalized spacial score (nSPS) is 13.7. The molecule has 0 heterocycles. The summed E-state index contributed by atoms with van der Waals surface area (Å²) in [4.78, 5) is 69.2. The molecule has 11 heteroatoms. The number of rotatable bonds is 14. The Morgan fingerprint density at radius 3 is 1.98 bits per heavy atom. The van der Waals surface area contributed by atoms with Crippen LogP contribution in [0.4, 0.5) is 4.79 Å². The molecule has 2 rings (SSSR count). The summed E-state index contributed by atoms with van der Waals surface area (Å²) in [7, 11) is 0. The van der Waals surface area contributed by atoms with E-state index >= 15 is 0 Å². The van der Waals surface area contributed by atoms with Crippen LogP contribution in [0.5, 0.6) is 0 Å². The van der Waals surface area contributed by atoms with E-state index in [0.717, 1.165) is 5.56 Å². The van der Waals surface area contributed by atoms with E-state index in [2.05, 4.69) is 17.2 Å². The lowest BCUT2D eigenvalue weighted by Crippen LogP contribution is -2.60. The average Bonchev–Trinajstić information content (AvgIpc) is 2.97. The van der Waals surface area contributed by atoms with Crippen LogP contribution in [0.25, 0.3) is 6.08 Å². The predicted octanol–water partition coefficient (Wildman–Crippen LogP) is 5.23. The second kappa shape index (κ2) is 16.4. The van der Waals surface area contributed by atoms with Gasteiger partial charge in [-0.3, -0.25) is 14.4 Å². The third-order valence-corrected chi connectivity index (χ3v) is 7.41. The molecule has 4 N–H and O–H groups in total. The number of nitrogens with one attached hydrogen (secondary N) is 2. The van der Waals surface area contributed by atoms with Crippen LogP contribution in [0, 0.1) is 0 Å². The molecule has 0 saturated heterocycles. The Labute approximate surface area is 284 Å². The third-order valence-electron chi connectivity index (χ3n) is 7.41. The first kappa shape index (κ1) is 39.5. The standard InChI is InChI=1S/C37H52N4O7/c1-11-24-19-16-20-26(21-24)30(31(43)39-28(33(45)47-35(3,4)5)22-25-17-14-13-15-18-25)41(37(9,10)12-2)32(44)27(23-29(38)42)40-34(46)48-36(6,7)8/h11,13-21,27-28,30H,1,12,22-23H2,2-10H3,(H2,38,42)(H,39,43)(H,40,46). The first-order valence-electron chi connectivity index (χ1n) is 16.1. The summed E-state index contributed by atoms with van der Waals surface area (Å²) in [6, 6.07) is 12.2. The van der Waals surface area contributed by atoms with Crippen molar-refractivity contribution in [3.05, 3.63) is 77.9 Å². The number of nitrogens with zero attached hydrogens (tertiary/aromatic N) is 1. The summed E-state index contributed by atoms with van der Waals surface area (Å²) in [6.45, 7) is 19.4. The Kier molecular flexibility index (Phi) is 13.5. The molecule has 4 amide bonds. The maximum atomic E-state index is 14.6. The highest BCUT2D eigenvalue weighted by atomic mass is 16.6. The number of benzene rings is 2. The molecule has 11 nitrogen and oxygen atoms in total. The van der Waals surface area contributed by atoms with Crippen LogP contribution in [0.2, 0.25) is 0 Å². The number of primary amides is 1. The van der Waals surface area contributed by atoms with Crippen molar-refractivity contribution in [1.82, 2.24) is 15.5 Å². The molecular weight excluding hydrogens is 612 g/mol. The van der Waals surface area contributed by atoms with Crippen molar-refractivity contribution in [2.45, 2.75) is 116 Å². The van der Waals surface area contributed by atoms with Gasteiger partial charge in [0.05, 0.1) is 6.42 Å². The molecule has 2 aromatic carbocycles. The molecule has 0 saturated carbocycles. The third kappa shape index (κ3) is 12.2. The van der Waals surface area contributed by atoms with Gasteiger partial charge in [-0.25, -0.2) is 9.59 Å². The summed E-state index contributed by atoms with van der Waals surface area (Å²) in [5, 5.41) is 5.36. The summed E-state index contributed by atoms with van der Waals surface area (Å²) >= 11 is 0. The molecule has 48 heavy (non-hydrogen) atoms. The molecule has 0 spiro atoms. The number of ether oxygens (including phenoxy) is 2. The SMILES string of the molecule is C=Cc1cccc(C(C(=O)NC(Cc2ccccc2)C(=O)OC(C)(C)C)N(C(=O)C(CC(N)=O)NC(=O)OC(C)(C)C)C(C)(C)CC)c1. The van der Waals surface area contributed by atoms with Crippen LogP contribution in [-0.2, 0) is 35.1 Å². The predicted molar refractivity (Wildman–Crippen MR) is 185 cm³/mol. The fraction of sp³-hybridized carbons (Fsp3) is 0.486. The highest BCUT2D eigenvalue weighted by Gasteiger charge is 2.44. The molecule has 0 aliphatic rings. The van der Waals surface area contributed by atoms with Crippen LogP contribution in [0.3, 0.4) is 0 Å². The van der Waals surface area contributed by atoms with Gasteiger partial charge in [-0.05, 0) is 84.6 Å². The first-order chi connectivity index (χ1) is 22.2. The van der Waals surface area contributed by atoms with Gasteiger partial charge in [0.15, 0.2) is 0 Å². The van der Waals surface area contributed by atoms with Gasteiger partial charge in [-0.1, -0.05) is 68.1 Å². The molecule has 3 unspecified atom stereocenters. The topological polar surface area (TPSA) is 157 Å². The molecule has 0 bridgehead atoms. The minimum atomic E-state index is -1.47. The van der Waals surface area contributed by atoms with Gasteiger partial charge in [0.1, 0.15) is 29.3 Å². The van der Waals surface area contributed by atoms with E-state index in [9.17, 15) is 24.0 Å². The number of carbonyl (C=O) groups is 5. The number of hydrogen-bond acceptors (Lipinski definition) is 7. The molecule has 0 radical (unpaired) electrons. The molecule has 0 fully saturated rings. The molecular formula is C37H52N4O7. The quantitative estimate of drug-likeness (QED) is 0.234. The van der Waals surface area contributed by atoms with E-state index < -0.39 is 71.1 Å². The van der Waals surface area contributed by atoms with Crippen molar-refractivity contribution in [2.75, 3.05) is 0 Å². The summed E-state index contributed by atoms with van der Waals surface area (Å²) in [5.74, 6) is -2.91. The monoisotopic (exact) mass is 664 g/mol. The van der Waals surface area contributed by atoms with Gasteiger partial charge >= 0.3 is 12.1 Å². The number of nitrogens with two attached hydrogens (primary N) is 1. The Morgan fingerprint density at radius 2 is 1.46 bits per heavy atom. The highest BCUT2D eigenvalue weighted by molar-refractivity contribution is 5.96.